The Morgan fingerprint density at radius 2 is 1.95 bits per heavy atom. The number of carbonyl (C=O) groups excluding carboxylic acids is 1. The molecule has 228 valence electrons. The maximum absolute atomic E-state index is 12.6. The van der Waals surface area contributed by atoms with E-state index in [1.807, 2.05) is 58.9 Å². The number of aryl methyl sites for hydroxylation is 2. The molecular weight excluding hydrogens is 552 g/mol. The summed E-state index contributed by atoms with van der Waals surface area (Å²) in [6, 6.07) is 18.4. The van der Waals surface area contributed by atoms with Crippen LogP contribution < -0.4 is 10.1 Å². The highest BCUT2D eigenvalue weighted by Gasteiger charge is 2.28. The molecular formula is C35H40N6O3. The smallest absolute Gasteiger partial charge is 0.410 e. The Morgan fingerprint density at radius 1 is 1.11 bits per heavy atom. The lowest BCUT2D eigenvalue weighted by Gasteiger charge is -2.34. The number of nitrogens with one attached hydrogen (secondary N) is 1. The zero-order valence-electron chi connectivity index (χ0n) is 26.1. The molecule has 0 aliphatic carbocycles. The van der Waals surface area contributed by atoms with Crippen LogP contribution >= 0.6 is 0 Å². The molecule has 1 aliphatic heterocycles. The minimum absolute atomic E-state index is 0.000173. The van der Waals surface area contributed by atoms with Crippen LogP contribution in [-0.4, -0.2) is 50.7 Å². The van der Waals surface area contributed by atoms with E-state index in [4.69, 9.17) is 14.5 Å². The number of amides is 1. The topological polar surface area (TPSA) is 113 Å². The summed E-state index contributed by atoms with van der Waals surface area (Å²) in [7, 11) is 0. The van der Waals surface area contributed by atoms with Crippen molar-refractivity contribution in [3.63, 3.8) is 0 Å². The maximum Gasteiger partial charge on any atom is 0.410 e. The molecule has 3 heterocycles. The van der Waals surface area contributed by atoms with Gasteiger partial charge in [0.2, 0.25) is 11.8 Å². The van der Waals surface area contributed by atoms with Crippen LogP contribution in [-0.2, 0) is 11.2 Å². The normalized spacial score (nSPS) is 15.8. The first kappa shape index (κ1) is 30.7. The van der Waals surface area contributed by atoms with Gasteiger partial charge in [0.05, 0.1) is 17.3 Å². The average molecular weight is 593 g/mol. The fourth-order valence-electron chi connectivity index (χ4n) is 5.41. The number of pyridine rings is 1. The van der Waals surface area contributed by atoms with Gasteiger partial charge in [-0.1, -0.05) is 30.3 Å². The third kappa shape index (κ3) is 7.43. The van der Waals surface area contributed by atoms with Gasteiger partial charge in [-0.25, -0.2) is 19.7 Å². The van der Waals surface area contributed by atoms with E-state index in [9.17, 15) is 10.1 Å². The highest BCUT2D eigenvalue weighted by atomic mass is 16.6. The largest absolute Gasteiger partial charge is 0.444 e. The first-order chi connectivity index (χ1) is 21.1. The van der Waals surface area contributed by atoms with E-state index < -0.39 is 5.60 Å². The fourth-order valence-corrected chi connectivity index (χ4v) is 5.41. The number of hydrogen-bond acceptors (Lipinski definition) is 8. The highest BCUT2D eigenvalue weighted by Crippen LogP contribution is 2.38. The molecule has 2 atom stereocenters. The van der Waals surface area contributed by atoms with Crippen LogP contribution in [0.5, 0.6) is 11.6 Å². The van der Waals surface area contributed by atoms with Gasteiger partial charge in [0.25, 0.3) is 0 Å². The Kier molecular flexibility index (Phi) is 9.29. The number of nitriles is 1. The molecule has 2 aromatic heterocycles. The van der Waals surface area contributed by atoms with Crippen LogP contribution in [0.15, 0.2) is 60.9 Å². The third-order valence-electron chi connectivity index (χ3n) is 7.67. The molecule has 0 saturated carbocycles. The number of carbonyl (C=O) groups is 1. The Hall–Kier alpha value is -4.71. The third-order valence-corrected chi connectivity index (χ3v) is 7.67. The van der Waals surface area contributed by atoms with Crippen molar-refractivity contribution < 1.29 is 14.3 Å². The summed E-state index contributed by atoms with van der Waals surface area (Å²) in [5.74, 6) is 1.67. The molecule has 9 nitrogen and oxygen atoms in total. The summed E-state index contributed by atoms with van der Waals surface area (Å²) in [6.45, 7) is 10.8. The fraction of sp³-hybridized carbons (Fsp3) is 0.400. The second kappa shape index (κ2) is 13.3. The zero-order valence-corrected chi connectivity index (χ0v) is 26.1. The Bertz CT molecular complexity index is 1680. The number of anilines is 1. The lowest BCUT2D eigenvalue weighted by Crippen LogP contribution is -2.47. The Labute approximate surface area is 259 Å². The predicted octanol–water partition coefficient (Wildman–Crippen LogP) is 7.70. The number of aromatic nitrogens is 3. The zero-order chi connectivity index (χ0) is 31.3. The van der Waals surface area contributed by atoms with E-state index in [-0.39, 0.29) is 18.1 Å². The Morgan fingerprint density at radius 3 is 2.75 bits per heavy atom. The molecule has 1 saturated heterocycles. The molecule has 4 aromatic rings. The van der Waals surface area contributed by atoms with Crippen LogP contribution in [0.2, 0.25) is 0 Å². The van der Waals surface area contributed by atoms with Crippen molar-refractivity contribution in [1.29, 1.82) is 5.26 Å². The molecule has 1 aliphatic rings. The van der Waals surface area contributed by atoms with Gasteiger partial charge in [0.15, 0.2) is 0 Å². The number of piperidine rings is 1. The van der Waals surface area contributed by atoms with E-state index in [2.05, 4.69) is 45.6 Å². The van der Waals surface area contributed by atoms with Crippen LogP contribution in [0.1, 0.15) is 58.1 Å². The predicted molar refractivity (Wildman–Crippen MR) is 172 cm³/mol. The highest BCUT2D eigenvalue weighted by molar-refractivity contribution is 5.92. The summed E-state index contributed by atoms with van der Waals surface area (Å²) in [5, 5.41) is 14.8. The number of fused-ring (bicyclic) bond motifs is 1. The first-order valence-corrected chi connectivity index (χ1v) is 15.2. The minimum Gasteiger partial charge on any atom is -0.444 e. The molecule has 5 rings (SSSR count). The molecule has 1 N–H and O–H groups in total. The standard InChI is InChI=1S/C35H40N6O3/c1-23(21-36)13-15-25-9-6-11-28-27(25)16-14-24(2)31(28)43-32-29(12-7-18-37-32)30-17-19-38-33(40-30)39-26-10-8-20-41(22-26)34(42)44-35(3,4)5/h6-7,9,11-12,14,16-19,23,26H,8,10,13,15,20,22H2,1-5H3,(H,38,39,40)/t23-,26-/m0/s1. The molecule has 44 heavy (non-hydrogen) atoms. The van der Waals surface area contributed by atoms with Crippen molar-refractivity contribution in [2.24, 2.45) is 5.92 Å². The van der Waals surface area contributed by atoms with Crippen molar-refractivity contribution in [3.05, 3.63) is 72.1 Å². The second-order valence-corrected chi connectivity index (χ2v) is 12.4. The van der Waals surface area contributed by atoms with Crippen molar-refractivity contribution in [3.8, 4) is 29.0 Å². The van der Waals surface area contributed by atoms with Crippen molar-refractivity contribution in [2.75, 3.05) is 18.4 Å². The lowest BCUT2D eigenvalue weighted by atomic mass is 9.96. The monoisotopic (exact) mass is 592 g/mol. The summed E-state index contributed by atoms with van der Waals surface area (Å²) in [6.07, 6.45) is 6.50. The van der Waals surface area contributed by atoms with E-state index in [0.717, 1.165) is 53.3 Å². The minimum atomic E-state index is -0.540. The van der Waals surface area contributed by atoms with Gasteiger partial charge in [0, 0.05) is 42.8 Å². The number of likely N-dealkylation sites (tertiary alicyclic amines) is 1. The van der Waals surface area contributed by atoms with Gasteiger partial charge in [-0.05, 0) is 95.0 Å². The molecule has 2 aromatic carbocycles. The molecule has 1 fully saturated rings. The summed E-state index contributed by atoms with van der Waals surface area (Å²) < 4.78 is 12.2. The maximum atomic E-state index is 12.6. The van der Waals surface area contributed by atoms with E-state index >= 15 is 0 Å². The van der Waals surface area contributed by atoms with Crippen LogP contribution in [0, 0.1) is 24.2 Å². The van der Waals surface area contributed by atoms with Crippen LogP contribution in [0.4, 0.5) is 10.7 Å². The van der Waals surface area contributed by atoms with Crippen molar-refractivity contribution >= 4 is 22.8 Å². The van der Waals surface area contributed by atoms with Crippen LogP contribution in [0.3, 0.4) is 0 Å². The number of benzene rings is 2. The van der Waals surface area contributed by atoms with E-state index in [1.54, 1.807) is 17.3 Å². The van der Waals surface area contributed by atoms with Gasteiger partial charge < -0.3 is 19.7 Å². The SMILES string of the molecule is Cc1ccc2c(CC[C@H](C)C#N)cccc2c1Oc1ncccc1-c1ccnc(N[C@H]2CCCN(C(=O)OC(C)(C)C)C2)n1. The molecule has 0 radical (unpaired) electrons. The van der Waals surface area contributed by atoms with Gasteiger partial charge in [-0.2, -0.15) is 5.26 Å². The summed E-state index contributed by atoms with van der Waals surface area (Å²) >= 11 is 0. The van der Waals surface area contributed by atoms with Gasteiger partial charge in [-0.15, -0.1) is 0 Å². The van der Waals surface area contributed by atoms with E-state index in [1.165, 1.54) is 5.56 Å². The van der Waals surface area contributed by atoms with Gasteiger partial charge in [-0.3, -0.25) is 0 Å². The van der Waals surface area contributed by atoms with E-state index in [0.29, 0.717) is 30.6 Å². The van der Waals surface area contributed by atoms with Crippen molar-refractivity contribution in [1.82, 2.24) is 19.9 Å². The number of rotatable bonds is 8. The molecule has 0 spiro atoms. The average Bonchev–Trinajstić information content (AvgIpc) is 3.01. The lowest BCUT2D eigenvalue weighted by molar-refractivity contribution is 0.0206. The number of hydrogen-bond donors (Lipinski definition) is 1. The quantitative estimate of drug-likeness (QED) is 0.221. The molecule has 0 bridgehead atoms. The van der Waals surface area contributed by atoms with Crippen LogP contribution in [0.25, 0.3) is 22.0 Å². The Balaban J connectivity index is 1.38. The summed E-state index contributed by atoms with van der Waals surface area (Å²) in [5.41, 5.74) is 3.06. The van der Waals surface area contributed by atoms with Gasteiger partial charge >= 0.3 is 6.09 Å². The number of nitrogens with zero attached hydrogens (tertiary/aromatic N) is 5. The number of ether oxygens (including phenoxy) is 2. The summed E-state index contributed by atoms with van der Waals surface area (Å²) in [4.78, 5) is 28.3. The van der Waals surface area contributed by atoms with Crippen molar-refractivity contribution in [2.45, 2.75) is 71.9 Å². The molecule has 9 heteroatoms. The first-order valence-electron chi connectivity index (χ1n) is 15.2. The second-order valence-electron chi connectivity index (χ2n) is 12.4. The molecule has 0 unspecified atom stereocenters. The molecule has 1 amide bonds. The van der Waals surface area contributed by atoms with Gasteiger partial charge in [0.1, 0.15) is 11.4 Å².